The Bertz CT molecular complexity index is 1040. The number of halogens is 1. The zero-order valence-electron chi connectivity index (χ0n) is 20.8. The number of nitrogens with zero attached hydrogens (tertiary/aromatic N) is 2. The summed E-state index contributed by atoms with van der Waals surface area (Å²) in [6, 6.07) is 16.3. The number of hydrogen-bond acceptors (Lipinski definition) is 1. The third-order valence-corrected chi connectivity index (χ3v) is 7.40. The van der Waals surface area contributed by atoms with Gasteiger partial charge < -0.3 is 0 Å². The fourth-order valence-electron chi connectivity index (χ4n) is 5.57. The Morgan fingerprint density at radius 1 is 0.939 bits per heavy atom. The molecule has 176 valence electrons. The van der Waals surface area contributed by atoms with Crippen molar-refractivity contribution >= 4 is 0 Å². The molecule has 0 unspecified atom stereocenters. The Labute approximate surface area is 199 Å². The minimum Gasteiger partial charge on any atom is -0.264 e. The maximum atomic E-state index is 15.6. The van der Waals surface area contributed by atoms with Crippen LogP contribution in [0, 0.1) is 17.7 Å². The lowest BCUT2D eigenvalue weighted by molar-refractivity contribution is 0.237. The van der Waals surface area contributed by atoms with E-state index >= 15 is 4.39 Å². The minimum atomic E-state index is -0.0984. The standard InChI is InChI=1S/C30H39FN2/c1-5-11-22-16-18-23(19-17-22)20-33-30(25-12-8-7-9-13-25)27(29(32-33)21(3)4)26-15-10-14-24(6-2)28(26)31/h7-10,12-15,21-23H,5-6,11,16-20H2,1-4H3. The van der Waals surface area contributed by atoms with Crippen LogP contribution in [-0.2, 0) is 13.0 Å². The minimum absolute atomic E-state index is 0.0984. The third kappa shape index (κ3) is 5.08. The molecule has 3 heteroatoms. The van der Waals surface area contributed by atoms with Crippen molar-refractivity contribution in [1.29, 1.82) is 0 Å². The predicted octanol–water partition coefficient (Wildman–Crippen LogP) is 8.65. The van der Waals surface area contributed by atoms with Crippen LogP contribution in [0.25, 0.3) is 22.4 Å². The molecule has 0 bridgehead atoms. The molecule has 0 atom stereocenters. The fraction of sp³-hybridized carbons (Fsp3) is 0.500. The average molecular weight is 447 g/mol. The van der Waals surface area contributed by atoms with E-state index in [9.17, 15) is 0 Å². The predicted molar refractivity (Wildman–Crippen MR) is 137 cm³/mol. The van der Waals surface area contributed by atoms with Gasteiger partial charge >= 0.3 is 0 Å². The second-order valence-corrected chi connectivity index (χ2v) is 10.1. The van der Waals surface area contributed by atoms with E-state index in [1.165, 1.54) is 38.5 Å². The molecule has 1 aliphatic rings. The van der Waals surface area contributed by atoms with Gasteiger partial charge in [-0.1, -0.05) is 102 Å². The van der Waals surface area contributed by atoms with E-state index in [0.29, 0.717) is 17.9 Å². The number of benzene rings is 2. The molecule has 2 aromatic carbocycles. The second kappa shape index (κ2) is 10.7. The molecule has 1 aliphatic carbocycles. The number of aromatic nitrogens is 2. The van der Waals surface area contributed by atoms with Gasteiger partial charge in [0.1, 0.15) is 5.82 Å². The summed E-state index contributed by atoms with van der Waals surface area (Å²) in [6.45, 7) is 9.56. The van der Waals surface area contributed by atoms with E-state index in [0.717, 1.165) is 40.5 Å². The van der Waals surface area contributed by atoms with E-state index in [1.807, 2.05) is 31.2 Å². The van der Waals surface area contributed by atoms with Crippen LogP contribution >= 0.6 is 0 Å². The van der Waals surface area contributed by atoms with Gasteiger partial charge in [0.2, 0.25) is 0 Å². The third-order valence-electron chi connectivity index (χ3n) is 7.40. The van der Waals surface area contributed by atoms with Gasteiger partial charge in [-0.15, -0.1) is 0 Å². The fourth-order valence-corrected chi connectivity index (χ4v) is 5.57. The molecule has 1 aromatic heterocycles. The van der Waals surface area contributed by atoms with Crippen molar-refractivity contribution < 1.29 is 4.39 Å². The number of hydrogen-bond donors (Lipinski definition) is 0. The zero-order chi connectivity index (χ0) is 23.4. The molecule has 4 rings (SSSR count). The average Bonchev–Trinajstić information content (AvgIpc) is 3.20. The van der Waals surface area contributed by atoms with Gasteiger partial charge in [-0.2, -0.15) is 5.10 Å². The molecule has 1 fully saturated rings. The molecule has 0 N–H and O–H groups in total. The van der Waals surface area contributed by atoms with Crippen LogP contribution < -0.4 is 0 Å². The number of aryl methyl sites for hydroxylation is 1. The Morgan fingerprint density at radius 3 is 2.27 bits per heavy atom. The quantitative estimate of drug-likeness (QED) is 0.338. The van der Waals surface area contributed by atoms with Crippen LogP contribution in [0.15, 0.2) is 48.5 Å². The van der Waals surface area contributed by atoms with Crippen molar-refractivity contribution in [1.82, 2.24) is 9.78 Å². The smallest absolute Gasteiger partial charge is 0.134 e. The van der Waals surface area contributed by atoms with Crippen molar-refractivity contribution in [3.63, 3.8) is 0 Å². The highest BCUT2D eigenvalue weighted by Crippen LogP contribution is 2.41. The molecular weight excluding hydrogens is 407 g/mol. The Kier molecular flexibility index (Phi) is 7.67. The van der Waals surface area contributed by atoms with E-state index in [-0.39, 0.29) is 11.7 Å². The van der Waals surface area contributed by atoms with Crippen LogP contribution in [0.5, 0.6) is 0 Å². The van der Waals surface area contributed by atoms with Gasteiger partial charge in [0.25, 0.3) is 0 Å². The lowest BCUT2D eigenvalue weighted by Gasteiger charge is -2.28. The van der Waals surface area contributed by atoms with Crippen molar-refractivity contribution in [2.75, 3.05) is 0 Å². The first-order chi connectivity index (χ1) is 16.0. The highest BCUT2D eigenvalue weighted by molar-refractivity contribution is 5.84. The summed E-state index contributed by atoms with van der Waals surface area (Å²) in [5.74, 6) is 1.65. The summed E-state index contributed by atoms with van der Waals surface area (Å²) >= 11 is 0. The van der Waals surface area contributed by atoms with Crippen LogP contribution in [0.4, 0.5) is 4.39 Å². The van der Waals surface area contributed by atoms with Gasteiger partial charge in [0.15, 0.2) is 0 Å². The molecule has 0 radical (unpaired) electrons. The molecule has 0 saturated heterocycles. The van der Waals surface area contributed by atoms with Crippen LogP contribution in [0.3, 0.4) is 0 Å². The van der Waals surface area contributed by atoms with Crippen molar-refractivity contribution in [2.24, 2.45) is 11.8 Å². The highest BCUT2D eigenvalue weighted by atomic mass is 19.1. The van der Waals surface area contributed by atoms with Gasteiger partial charge in [0, 0.05) is 23.2 Å². The monoisotopic (exact) mass is 446 g/mol. The van der Waals surface area contributed by atoms with Crippen molar-refractivity contribution in [3.05, 3.63) is 65.6 Å². The van der Waals surface area contributed by atoms with Gasteiger partial charge in [-0.05, 0) is 42.6 Å². The molecule has 3 aromatic rings. The Balaban J connectivity index is 1.81. The van der Waals surface area contributed by atoms with E-state index in [4.69, 9.17) is 5.10 Å². The summed E-state index contributed by atoms with van der Waals surface area (Å²) in [5.41, 5.74) is 5.62. The first-order valence-electron chi connectivity index (χ1n) is 13.0. The lowest BCUT2D eigenvalue weighted by Crippen LogP contribution is -2.20. The molecule has 0 amide bonds. The van der Waals surface area contributed by atoms with E-state index in [1.54, 1.807) is 0 Å². The summed E-state index contributed by atoms with van der Waals surface area (Å²) in [5, 5.41) is 5.16. The molecule has 0 spiro atoms. The SMILES string of the molecule is CCCC1CCC(Cn2nc(C(C)C)c(-c3cccc(CC)c3F)c2-c2ccccc2)CC1. The second-order valence-electron chi connectivity index (χ2n) is 10.1. The van der Waals surface area contributed by atoms with Crippen molar-refractivity contribution in [3.8, 4) is 22.4 Å². The maximum absolute atomic E-state index is 15.6. The molecule has 1 saturated carbocycles. The van der Waals surface area contributed by atoms with Crippen LogP contribution in [0.1, 0.15) is 83.4 Å². The largest absolute Gasteiger partial charge is 0.264 e. The van der Waals surface area contributed by atoms with Gasteiger partial charge in [-0.3, -0.25) is 4.68 Å². The molecule has 1 heterocycles. The first kappa shape index (κ1) is 23.7. The molecule has 2 nitrogen and oxygen atoms in total. The Morgan fingerprint density at radius 2 is 1.64 bits per heavy atom. The normalized spacial score (nSPS) is 18.7. The topological polar surface area (TPSA) is 17.8 Å². The molecular formula is C30H39FN2. The lowest BCUT2D eigenvalue weighted by atomic mass is 9.80. The summed E-state index contributed by atoms with van der Waals surface area (Å²) in [4.78, 5) is 0. The number of rotatable bonds is 8. The maximum Gasteiger partial charge on any atom is 0.134 e. The van der Waals surface area contributed by atoms with Crippen LogP contribution in [0.2, 0.25) is 0 Å². The van der Waals surface area contributed by atoms with E-state index < -0.39 is 0 Å². The summed E-state index contributed by atoms with van der Waals surface area (Å²) in [6.07, 6.45) is 8.53. The molecule has 0 aliphatic heterocycles. The zero-order valence-corrected chi connectivity index (χ0v) is 20.8. The van der Waals surface area contributed by atoms with Crippen LogP contribution in [-0.4, -0.2) is 9.78 Å². The Hall–Kier alpha value is -2.42. The molecule has 33 heavy (non-hydrogen) atoms. The van der Waals surface area contributed by atoms with E-state index in [2.05, 4.69) is 49.7 Å². The first-order valence-corrected chi connectivity index (χ1v) is 13.0. The van der Waals surface area contributed by atoms with Gasteiger partial charge in [0.05, 0.1) is 11.4 Å². The summed E-state index contributed by atoms with van der Waals surface area (Å²) in [7, 11) is 0. The van der Waals surface area contributed by atoms with Gasteiger partial charge in [-0.25, -0.2) is 4.39 Å². The van der Waals surface area contributed by atoms with Crippen molar-refractivity contribution in [2.45, 2.75) is 85.1 Å². The summed E-state index contributed by atoms with van der Waals surface area (Å²) < 4.78 is 17.9. The highest BCUT2D eigenvalue weighted by Gasteiger charge is 2.28.